The molecule has 0 aromatic carbocycles. The Labute approximate surface area is 90.4 Å². The standard InChI is InChI=1S/C9H18N2O3S/c1-6(5-10)15(12,13)11-8-4-7-2-3-9(8)14-7/h6-9,11H,2-5,10H2,1H3. The van der Waals surface area contributed by atoms with Crippen LogP contribution in [0.15, 0.2) is 0 Å². The van der Waals surface area contributed by atoms with E-state index in [1.165, 1.54) is 0 Å². The van der Waals surface area contributed by atoms with Crippen molar-refractivity contribution in [3.63, 3.8) is 0 Å². The van der Waals surface area contributed by atoms with Crippen LogP contribution in [0.3, 0.4) is 0 Å². The molecule has 0 spiro atoms. The van der Waals surface area contributed by atoms with Gasteiger partial charge >= 0.3 is 0 Å². The molecular weight excluding hydrogens is 216 g/mol. The summed E-state index contributed by atoms with van der Waals surface area (Å²) in [6.07, 6.45) is 3.18. The fourth-order valence-electron chi connectivity index (χ4n) is 2.22. The maximum atomic E-state index is 11.7. The molecule has 0 radical (unpaired) electrons. The molecule has 2 bridgehead atoms. The summed E-state index contributed by atoms with van der Waals surface area (Å²) < 4.78 is 31.8. The SMILES string of the molecule is CC(CN)S(=O)(=O)NC1CC2CCC1O2. The molecule has 4 atom stereocenters. The molecule has 0 aromatic rings. The zero-order valence-corrected chi connectivity index (χ0v) is 9.66. The van der Waals surface area contributed by atoms with E-state index >= 15 is 0 Å². The molecule has 2 heterocycles. The summed E-state index contributed by atoms with van der Waals surface area (Å²) in [5.74, 6) is 0. The number of fused-ring (bicyclic) bond motifs is 2. The summed E-state index contributed by atoms with van der Waals surface area (Å²) in [6.45, 7) is 1.77. The van der Waals surface area contributed by atoms with Crippen molar-refractivity contribution >= 4 is 10.0 Å². The smallest absolute Gasteiger partial charge is 0.215 e. The molecule has 2 fully saturated rings. The highest BCUT2D eigenvalue weighted by atomic mass is 32.2. The quantitative estimate of drug-likeness (QED) is 0.692. The number of rotatable bonds is 4. The van der Waals surface area contributed by atoms with E-state index in [2.05, 4.69) is 4.72 Å². The highest BCUT2D eigenvalue weighted by Gasteiger charge is 2.42. The van der Waals surface area contributed by atoms with Crippen molar-refractivity contribution in [2.45, 2.75) is 49.7 Å². The average Bonchev–Trinajstić information content (AvgIpc) is 2.77. The summed E-state index contributed by atoms with van der Waals surface area (Å²) in [5.41, 5.74) is 5.36. The summed E-state index contributed by atoms with van der Waals surface area (Å²) in [7, 11) is -3.27. The van der Waals surface area contributed by atoms with Gasteiger partial charge in [0, 0.05) is 6.54 Å². The summed E-state index contributed by atoms with van der Waals surface area (Å²) in [5, 5.41) is -0.531. The van der Waals surface area contributed by atoms with E-state index in [-0.39, 0.29) is 24.8 Å². The molecule has 0 aromatic heterocycles. The molecule has 15 heavy (non-hydrogen) atoms. The number of ether oxygens (including phenoxy) is 1. The van der Waals surface area contributed by atoms with Crippen molar-refractivity contribution in [2.24, 2.45) is 5.73 Å². The van der Waals surface area contributed by atoms with E-state index in [1.807, 2.05) is 0 Å². The van der Waals surface area contributed by atoms with Crippen molar-refractivity contribution < 1.29 is 13.2 Å². The number of nitrogens with two attached hydrogens (primary N) is 1. The van der Waals surface area contributed by atoms with Crippen LogP contribution in [0.1, 0.15) is 26.2 Å². The van der Waals surface area contributed by atoms with Gasteiger partial charge in [-0.1, -0.05) is 0 Å². The van der Waals surface area contributed by atoms with Gasteiger partial charge in [0.15, 0.2) is 0 Å². The van der Waals surface area contributed by atoms with Crippen LogP contribution in [-0.4, -0.2) is 38.5 Å². The van der Waals surface area contributed by atoms with E-state index in [0.717, 1.165) is 19.3 Å². The van der Waals surface area contributed by atoms with Crippen molar-refractivity contribution in [2.75, 3.05) is 6.54 Å². The first-order valence-electron chi connectivity index (χ1n) is 5.39. The number of hydrogen-bond acceptors (Lipinski definition) is 4. The Morgan fingerprint density at radius 2 is 2.27 bits per heavy atom. The zero-order valence-electron chi connectivity index (χ0n) is 8.85. The lowest BCUT2D eigenvalue weighted by Gasteiger charge is -2.21. The van der Waals surface area contributed by atoms with Crippen LogP contribution in [0, 0.1) is 0 Å². The Bertz CT molecular complexity index is 330. The number of nitrogens with one attached hydrogen (secondary N) is 1. The molecule has 2 rings (SSSR count). The Morgan fingerprint density at radius 3 is 2.73 bits per heavy atom. The Morgan fingerprint density at radius 1 is 1.53 bits per heavy atom. The van der Waals surface area contributed by atoms with Crippen molar-refractivity contribution in [1.82, 2.24) is 4.72 Å². The lowest BCUT2D eigenvalue weighted by atomic mass is 9.96. The highest BCUT2D eigenvalue weighted by molar-refractivity contribution is 7.90. The minimum Gasteiger partial charge on any atom is -0.373 e. The van der Waals surface area contributed by atoms with Gasteiger partial charge in [0.25, 0.3) is 0 Å². The maximum Gasteiger partial charge on any atom is 0.215 e. The molecule has 6 heteroatoms. The van der Waals surface area contributed by atoms with E-state index in [1.54, 1.807) is 6.92 Å². The van der Waals surface area contributed by atoms with Gasteiger partial charge in [0.1, 0.15) is 0 Å². The largest absolute Gasteiger partial charge is 0.373 e. The van der Waals surface area contributed by atoms with Gasteiger partial charge in [-0.3, -0.25) is 0 Å². The van der Waals surface area contributed by atoms with Gasteiger partial charge in [-0.2, -0.15) is 0 Å². The third kappa shape index (κ3) is 2.18. The minimum atomic E-state index is -3.27. The normalized spacial score (nSPS) is 37.1. The van der Waals surface area contributed by atoms with E-state index in [9.17, 15) is 8.42 Å². The van der Waals surface area contributed by atoms with Crippen LogP contribution < -0.4 is 10.5 Å². The lowest BCUT2D eigenvalue weighted by Crippen LogP contribution is -2.46. The molecule has 4 unspecified atom stereocenters. The molecule has 2 aliphatic rings. The van der Waals surface area contributed by atoms with Gasteiger partial charge in [-0.05, 0) is 26.2 Å². The molecule has 5 nitrogen and oxygen atoms in total. The average molecular weight is 234 g/mol. The third-order valence-corrected chi connectivity index (χ3v) is 5.17. The molecule has 0 saturated carbocycles. The molecule has 3 N–H and O–H groups in total. The fourth-order valence-corrected chi connectivity index (χ4v) is 3.37. The van der Waals surface area contributed by atoms with Gasteiger partial charge in [0.2, 0.25) is 10.0 Å². The van der Waals surface area contributed by atoms with E-state index < -0.39 is 15.3 Å². The maximum absolute atomic E-state index is 11.7. The Hall–Kier alpha value is -0.170. The van der Waals surface area contributed by atoms with Crippen LogP contribution in [0.2, 0.25) is 0 Å². The first-order valence-corrected chi connectivity index (χ1v) is 6.94. The van der Waals surface area contributed by atoms with Crippen LogP contribution in [-0.2, 0) is 14.8 Å². The van der Waals surface area contributed by atoms with Crippen LogP contribution in [0.5, 0.6) is 0 Å². The van der Waals surface area contributed by atoms with Gasteiger partial charge < -0.3 is 10.5 Å². The molecule has 2 saturated heterocycles. The Kier molecular flexibility index (Phi) is 3.03. The predicted octanol–water partition coefficient (Wildman–Crippen LogP) is -0.427. The summed E-state index contributed by atoms with van der Waals surface area (Å²) in [6, 6.07) is -0.0391. The first-order chi connectivity index (χ1) is 7.03. The second-order valence-electron chi connectivity index (χ2n) is 4.43. The topological polar surface area (TPSA) is 81.4 Å². The summed E-state index contributed by atoms with van der Waals surface area (Å²) in [4.78, 5) is 0. The van der Waals surface area contributed by atoms with Gasteiger partial charge in [0.05, 0.1) is 23.5 Å². The lowest BCUT2D eigenvalue weighted by molar-refractivity contribution is 0.0995. The highest BCUT2D eigenvalue weighted by Crippen LogP contribution is 2.34. The van der Waals surface area contributed by atoms with Gasteiger partial charge in [-0.25, -0.2) is 13.1 Å². The van der Waals surface area contributed by atoms with Gasteiger partial charge in [-0.15, -0.1) is 0 Å². The van der Waals surface area contributed by atoms with Crippen LogP contribution in [0.4, 0.5) is 0 Å². The predicted molar refractivity (Wildman–Crippen MR) is 56.9 cm³/mol. The van der Waals surface area contributed by atoms with E-state index in [4.69, 9.17) is 10.5 Å². The monoisotopic (exact) mass is 234 g/mol. The molecular formula is C9H18N2O3S. The fraction of sp³-hybridized carbons (Fsp3) is 1.00. The van der Waals surface area contributed by atoms with E-state index in [0.29, 0.717) is 0 Å². The zero-order chi connectivity index (χ0) is 11.1. The minimum absolute atomic E-state index is 0.0391. The second kappa shape index (κ2) is 4.01. The number of hydrogen-bond donors (Lipinski definition) is 2. The van der Waals surface area contributed by atoms with Crippen LogP contribution >= 0.6 is 0 Å². The number of sulfonamides is 1. The second-order valence-corrected chi connectivity index (χ2v) is 6.56. The summed E-state index contributed by atoms with van der Waals surface area (Å²) >= 11 is 0. The third-order valence-electron chi connectivity index (χ3n) is 3.28. The molecule has 2 aliphatic heterocycles. The van der Waals surface area contributed by atoms with Crippen LogP contribution in [0.25, 0.3) is 0 Å². The molecule has 0 aliphatic carbocycles. The molecule has 88 valence electrons. The Balaban J connectivity index is 1.98. The molecule has 0 amide bonds. The van der Waals surface area contributed by atoms with Crippen molar-refractivity contribution in [3.8, 4) is 0 Å². The van der Waals surface area contributed by atoms with Crippen molar-refractivity contribution in [1.29, 1.82) is 0 Å². The van der Waals surface area contributed by atoms with Crippen molar-refractivity contribution in [3.05, 3.63) is 0 Å². The first kappa shape index (κ1) is 11.3.